The highest BCUT2D eigenvalue weighted by molar-refractivity contribution is 7.17. The molecule has 0 spiro atoms. The number of allylic oxidation sites excluding steroid dienone is 2. The van der Waals surface area contributed by atoms with Crippen molar-refractivity contribution in [2.45, 2.75) is 0 Å². The molecule has 0 unspecified atom stereocenters. The van der Waals surface area contributed by atoms with Gasteiger partial charge in [-0.3, -0.25) is 9.59 Å². The highest BCUT2D eigenvalue weighted by atomic mass is 32.1. The minimum atomic E-state index is -0.196. The van der Waals surface area contributed by atoms with Gasteiger partial charge in [0.25, 0.3) is 0 Å². The lowest BCUT2D eigenvalue weighted by Crippen LogP contribution is -2.08. The molecule has 1 aliphatic rings. The third-order valence-electron chi connectivity index (χ3n) is 2.49. The lowest BCUT2D eigenvalue weighted by Gasteiger charge is -1.98. The maximum Gasteiger partial charge on any atom is 0.205 e. The Bertz CT molecular complexity index is 605. The Morgan fingerprint density at radius 1 is 0.941 bits per heavy atom. The van der Waals surface area contributed by atoms with Crippen LogP contribution in [0.3, 0.4) is 0 Å². The zero-order valence-electron chi connectivity index (χ0n) is 8.71. The van der Waals surface area contributed by atoms with Crippen LogP contribution in [0.2, 0.25) is 0 Å². The van der Waals surface area contributed by atoms with Crippen molar-refractivity contribution < 1.29 is 9.59 Å². The molecular weight excluding hydrogens is 234 g/mol. The molecule has 1 heterocycles. The average molecular weight is 241 g/mol. The van der Waals surface area contributed by atoms with Gasteiger partial charge in [0.2, 0.25) is 5.78 Å². The number of rotatable bonds is 1. The second-order valence-corrected chi connectivity index (χ2v) is 4.62. The van der Waals surface area contributed by atoms with Crippen LogP contribution < -0.4 is 0 Å². The molecule has 0 fully saturated rings. The van der Waals surface area contributed by atoms with Crippen molar-refractivity contribution in [2.24, 2.45) is 0 Å². The summed E-state index contributed by atoms with van der Waals surface area (Å²) in [6.45, 7) is 0. The molecule has 0 amide bonds. The summed E-state index contributed by atoms with van der Waals surface area (Å²) < 4.78 is 0. The number of ketones is 2. The van der Waals surface area contributed by atoms with Crippen molar-refractivity contribution in [2.75, 3.05) is 0 Å². The van der Waals surface area contributed by atoms with E-state index in [0.29, 0.717) is 9.88 Å². The molecule has 82 valence electrons. The summed E-state index contributed by atoms with van der Waals surface area (Å²) in [5.41, 5.74) is 1.20. The number of aromatic nitrogens is 1. The number of carbonyl (C=O) groups is 2. The van der Waals surface area contributed by atoms with E-state index in [1.165, 1.54) is 23.5 Å². The van der Waals surface area contributed by atoms with Crippen molar-refractivity contribution in [3.8, 4) is 10.6 Å². The Balaban J connectivity index is 2.15. The largest absolute Gasteiger partial charge is 0.288 e. The van der Waals surface area contributed by atoms with E-state index in [1.807, 2.05) is 30.3 Å². The quantitative estimate of drug-likeness (QED) is 0.771. The summed E-state index contributed by atoms with van der Waals surface area (Å²) in [6, 6.07) is 9.53. The lowest BCUT2D eigenvalue weighted by molar-refractivity contribution is 0.0994. The Kier molecular flexibility index (Phi) is 2.23. The molecule has 4 heteroatoms. The molecular formula is C13H7NO2S. The number of thiazole rings is 1. The number of nitrogens with zero attached hydrogens (tertiary/aromatic N) is 1. The normalized spacial score (nSPS) is 13.9. The van der Waals surface area contributed by atoms with Gasteiger partial charge in [-0.2, -0.15) is 0 Å². The number of hydrogen-bond donors (Lipinski definition) is 0. The van der Waals surface area contributed by atoms with E-state index < -0.39 is 0 Å². The molecule has 1 aliphatic carbocycles. The van der Waals surface area contributed by atoms with E-state index in [0.717, 1.165) is 5.56 Å². The standard InChI is InChI=1S/C13H7NO2S/c15-9-6-7-10(16)12-11(9)14-13(17-12)8-4-2-1-3-5-8/h1-7H. The first-order valence-corrected chi connectivity index (χ1v) is 5.90. The third kappa shape index (κ3) is 1.62. The van der Waals surface area contributed by atoms with E-state index in [9.17, 15) is 9.59 Å². The van der Waals surface area contributed by atoms with Gasteiger partial charge in [-0.1, -0.05) is 30.3 Å². The maximum absolute atomic E-state index is 11.6. The average Bonchev–Trinajstić information content (AvgIpc) is 2.81. The summed E-state index contributed by atoms with van der Waals surface area (Å²) in [6.07, 6.45) is 2.58. The molecule has 1 aromatic heterocycles. The van der Waals surface area contributed by atoms with E-state index in [-0.39, 0.29) is 17.3 Å². The predicted molar refractivity (Wildman–Crippen MR) is 65.4 cm³/mol. The van der Waals surface area contributed by atoms with E-state index in [2.05, 4.69) is 4.98 Å². The SMILES string of the molecule is O=C1C=CC(=O)c2sc(-c3ccccc3)nc21. The van der Waals surface area contributed by atoms with Crippen LogP contribution in [0.4, 0.5) is 0 Å². The number of benzene rings is 1. The molecule has 0 N–H and O–H groups in total. The van der Waals surface area contributed by atoms with Crippen LogP contribution in [0.1, 0.15) is 20.2 Å². The van der Waals surface area contributed by atoms with Crippen LogP contribution >= 0.6 is 11.3 Å². The third-order valence-corrected chi connectivity index (χ3v) is 3.61. The van der Waals surface area contributed by atoms with E-state index >= 15 is 0 Å². The second kappa shape index (κ2) is 3.75. The van der Waals surface area contributed by atoms with Gasteiger partial charge in [-0.15, -0.1) is 11.3 Å². The van der Waals surface area contributed by atoms with Crippen molar-refractivity contribution in [1.29, 1.82) is 0 Å². The van der Waals surface area contributed by atoms with Crippen LogP contribution in [-0.4, -0.2) is 16.6 Å². The van der Waals surface area contributed by atoms with E-state index in [1.54, 1.807) is 0 Å². The van der Waals surface area contributed by atoms with Crippen LogP contribution in [-0.2, 0) is 0 Å². The van der Waals surface area contributed by atoms with Crippen molar-refractivity contribution in [3.63, 3.8) is 0 Å². The second-order valence-electron chi connectivity index (χ2n) is 3.62. The molecule has 0 bridgehead atoms. The summed E-state index contributed by atoms with van der Waals surface area (Å²) in [5, 5.41) is 0.709. The number of fused-ring (bicyclic) bond motifs is 1. The molecule has 17 heavy (non-hydrogen) atoms. The zero-order valence-corrected chi connectivity index (χ0v) is 9.53. The summed E-state index contributed by atoms with van der Waals surface area (Å²) in [4.78, 5) is 27.9. The Morgan fingerprint density at radius 3 is 2.35 bits per heavy atom. The molecule has 3 nitrogen and oxygen atoms in total. The topological polar surface area (TPSA) is 47.0 Å². The van der Waals surface area contributed by atoms with Gasteiger partial charge in [0.15, 0.2) is 5.78 Å². The van der Waals surface area contributed by atoms with Crippen molar-refractivity contribution in [1.82, 2.24) is 4.98 Å². The van der Waals surface area contributed by atoms with Crippen LogP contribution in [0.25, 0.3) is 10.6 Å². The fourth-order valence-corrected chi connectivity index (χ4v) is 2.66. The first-order chi connectivity index (χ1) is 8.25. The molecule has 2 aromatic rings. The monoisotopic (exact) mass is 241 g/mol. The zero-order chi connectivity index (χ0) is 11.8. The Labute approximate surface area is 101 Å². The van der Waals surface area contributed by atoms with Crippen molar-refractivity contribution >= 4 is 22.9 Å². The molecule has 3 rings (SSSR count). The lowest BCUT2D eigenvalue weighted by atomic mass is 10.1. The van der Waals surface area contributed by atoms with E-state index in [4.69, 9.17) is 0 Å². The van der Waals surface area contributed by atoms with Gasteiger partial charge >= 0.3 is 0 Å². The van der Waals surface area contributed by atoms with Crippen LogP contribution in [0.15, 0.2) is 42.5 Å². The fourth-order valence-electron chi connectivity index (χ4n) is 1.66. The van der Waals surface area contributed by atoms with Gasteiger partial charge in [0.1, 0.15) is 15.6 Å². The highest BCUT2D eigenvalue weighted by Gasteiger charge is 2.24. The minimum absolute atomic E-state index is 0.140. The van der Waals surface area contributed by atoms with Crippen LogP contribution in [0, 0.1) is 0 Å². The summed E-state index contributed by atoms with van der Waals surface area (Å²) >= 11 is 1.27. The maximum atomic E-state index is 11.6. The highest BCUT2D eigenvalue weighted by Crippen LogP contribution is 2.30. The Hall–Kier alpha value is -2.07. The van der Waals surface area contributed by atoms with Gasteiger partial charge in [-0.05, 0) is 12.2 Å². The summed E-state index contributed by atoms with van der Waals surface area (Å²) in [5.74, 6) is -0.336. The number of hydrogen-bond acceptors (Lipinski definition) is 4. The molecule has 0 atom stereocenters. The van der Waals surface area contributed by atoms with Crippen molar-refractivity contribution in [3.05, 3.63) is 53.1 Å². The van der Waals surface area contributed by atoms with Gasteiger partial charge in [-0.25, -0.2) is 4.98 Å². The van der Waals surface area contributed by atoms with Gasteiger partial charge in [0.05, 0.1) is 0 Å². The van der Waals surface area contributed by atoms with Gasteiger partial charge in [0, 0.05) is 5.56 Å². The molecule has 1 aromatic carbocycles. The fraction of sp³-hybridized carbons (Fsp3) is 0. The predicted octanol–water partition coefficient (Wildman–Crippen LogP) is 2.75. The molecule has 0 aliphatic heterocycles. The molecule has 0 saturated carbocycles. The van der Waals surface area contributed by atoms with Gasteiger partial charge < -0.3 is 0 Å². The number of carbonyl (C=O) groups excluding carboxylic acids is 2. The van der Waals surface area contributed by atoms with Crippen LogP contribution in [0.5, 0.6) is 0 Å². The smallest absolute Gasteiger partial charge is 0.205 e. The molecule has 0 radical (unpaired) electrons. The summed E-state index contributed by atoms with van der Waals surface area (Å²) in [7, 11) is 0. The Morgan fingerprint density at radius 2 is 1.65 bits per heavy atom. The molecule has 0 saturated heterocycles. The minimum Gasteiger partial charge on any atom is -0.288 e. The first-order valence-electron chi connectivity index (χ1n) is 5.09. The first kappa shape index (κ1) is 10.1.